The molecule has 0 aromatic carbocycles. The Hall–Kier alpha value is -0.160. The fourth-order valence-corrected chi connectivity index (χ4v) is 4.58. The van der Waals surface area contributed by atoms with Crippen LogP contribution < -0.4 is 0 Å². The van der Waals surface area contributed by atoms with Crippen molar-refractivity contribution in [3.63, 3.8) is 0 Å². The Morgan fingerprint density at radius 1 is 1.05 bits per heavy atom. The molecule has 3 rings (SSSR count). The molecule has 128 valence electrons. The van der Waals surface area contributed by atoms with Crippen LogP contribution in [0.1, 0.15) is 51.4 Å². The lowest BCUT2D eigenvalue weighted by Crippen LogP contribution is -2.51. The van der Waals surface area contributed by atoms with E-state index in [1.165, 1.54) is 57.9 Å². The topological polar surface area (TPSA) is 30.9 Å². The Bertz CT molecular complexity index is 324. The summed E-state index contributed by atoms with van der Waals surface area (Å²) in [7, 11) is 1.83. The maximum Gasteiger partial charge on any atom is 0.0963 e. The lowest BCUT2D eigenvalue weighted by molar-refractivity contribution is -0.103. The van der Waals surface area contributed by atoms with Crippen LogP contribution in [0.4, 0.5) is 0 Å². The van der Waals surface area contributed by atoms with Crippen LogP contribution in [-0.4, -0.2) is 63.7 Å². The van der Waals surface area contributed by atoms with Crippen LogP contribution in [0.25, 0.3) is 0 Å². The van der Waals surface area contributed by atoms with E-state index in [-0.39, 0.29) is 0 Å². The van der Waals surface area contributed by atoms with Gasteiger partial charge >= 0.3 is 0 Å². The summed E-state index contributed by atoms with van der Waals surface area (Å²) in [6.07, 6.45) is 11.2. The number of nitrogens with zero attached hydrogens (tertiary/aromatic N) is 1. The molecule has 0 radical (unpaired) electrons. The molecule has 3 fully saturated rings. The summed E-state index contributed by atoms with van der Waals surface area (Å²) in [5.41, 5.74) is 0.479. The monoisotopic (exact) mass is 311 g/mol. The van der Waals surface area contributed by atoms with Crippen molar-refractivity contribution in [1.82, 2.24) is 4.90 Å². The fourth-order valence-electron chi connectivity index (χ4n) is 4.58. The summed E-state index contributed by atoms with van der Waals surface area (Å²) < 4.78 is 17.3. The molecule has 22 heavy (non-hydrogen) atoms. The number of morpholine rings is 1. The third-order valence-corrected chi connectivity index (χ3v) is 5.87. The van der Waals surface area contributed by atoms with Crippen LogP contribution in [0.5, 0.6) is 0 Å². The smallest absolute Gasteiger partial charge is 0.0963 e. The van der Waals surface area contributed by atoms with Gasteiger partial charge in [-0.2, -0.15) is 0 Å². The van der Waals surface area contributed by atoms with Crippen LogP contribution in [0.3, 0.4) is 0 Å². The highest BCUT2D eigenvalue weighted by Crippen LogP contribution is 2.40. The van der Waals surface area contributed by atoms with E-state index in [9.17, 15) is 0 Å². The van der Waals surface area contributed by atoms with E-state index in [2.05, 4.69) is 4.90 Å². The molecule has 0 bridgehead atoms. The summed E-state index contributed by atoms with van der Waals surface area (Å²) >= 11 is 0. The van der Waals surface area contributed by atoms with Crippen molar-refractivity contribution in [2.24, 2.45) is 5.41 Å². The number of rotatable bonds is 6. The summed E-state index contributed by atoms with van der Waals surface area (Å²) in [6, 6.07) is 0. The molecule has 3 aliphatic rings. The molecule has 0 spiro atoms. The van der Waals surface area contributed by atoms with Crippen LogP contribution in [-0.2, 0) is 14.2 Å². The molecule has 0 aromatic heterocycles. The van der Waals surface area contributed by atoms with Crippen molar-refractivity contribution in [2.45, 2.75) is 63.6 Å². The Morgan fingerprint density at radius 2 is 1.86 bits per heavy atom. The molecule has 4 nitrogen and oxygen atoms in total. The lowest BCUT2D eigenvalue weighted by atomic mass is 9.71. The van der Waals surface area contributed by atoms with Gasteiger partial charge in [0.05, 0.1) is 18.8 Å². The Labute approximate surface area is 135 Å². The van der Waals surface area contributed by atoms with E-state index in [1.54, 1.807) is 0 Å². The highest BCUT2D eigenvalue weighted by Gasteiger charge is 2.37. The van der Waals surface area contributed by atoms with E-state index in [4.69, 9.17) is 14.2 Å². The molecule has 2 aliphatic heterocycles. The van der Waals surface area contributed by atoms with E-state index in [1.807, 2.05) is 7.11 Å². The lowest BCUT2D eigenvalue weighted by Gasteiger charge is -2.44. The Kier molecular flexibility index (Phi) is 6.14. The van der Waals surface area contributed by atoms with Crippen LogP contribution in [0.2, 0.25) is 0 Å². The van der Waals surface area contributed by atoms with Crippen molar-refractivity contribution < 1.29 is 14.2 Å². The van der Waals surface area contributed by atoms with Crippen LogP contribution in [0.15, 0.2) is 0 Å². The Morgan fingerprint density at radius 3 is 2.59 bits per heavy atom. The minimum atomic E-state index is 0.291. The van der Waals surface area contributed by atoms with Crippen molar-refractivity contribution in [1.29, 1.82) is 0 Å². The second-order valence-electron chi connectivity index (χ2n) is 7.50. The molecule has 2 heterocycles. The maximum absolute atomic E-state index is 6.00. The second kappa shape index (κ2) is 8.09. The van der Waals surface area contributed by atoms with Gasteiger partial charge in [-0.3, -0.25) is 4.90 Å². The van der Waals surface area contributed by atoms with Crippen LogP contribution >= 0.6 is 0 Å². The number of methoxy groups -OCH3 is 1. The first-order valence-electron chi connectivity index (χ1n) is 9.26. The molecule has 1 saturated carbocycles. The van der Waals surface area contributed by atoms with Gasteiger partial charge in [0.15, 0.2) is 0 Å². The standard InChI is InChI=1S/C18H33NO3/c1-20-12-9-18(7-3-2-4-8-18)15-19-10-13-22-17(14-19)16-6-5-11-21-16/h16-17H,2-15H2,1H3/t16-,17-/m0/s1. The van der Waals surface area contributed by atoms with Gasteiger partial charge in [-0.05, 0) is 37.5 Å². The molecule has 0 aromatic rings. The molecular weight excluding hydrogens is 278 g/mol. The third kappa shape index (κ3) is 4.22. The summed E-state index contributed by atoms with van der Waals surface area (Å²) in [6.45, 7) is 6.05. The maximum atomic E-state index is 6.00. The number of ether oxygens (including phenoxy) is 3. The minimum Gasteiger partial charge on any atom is -0.385 e. The van der Waals surface area contributed by atoms with E-state index < -0.39 is 0 Å². The average molecular weight is 311 g/mol. The zero-order chi connectivity index (χ0) is 15.3. The average Bonchev–Trinajstić information content (AvgIpc) is 3.09. The predicted molar refractivity (Wildman–Crippen MR) is 87.2 cm³/mol. The van der Waals surface area contributed by atoms with Gasteiger partial charge < -0.3 is 14.2 Å². The molecule has 0 amide bonds. The molecule has 0 N–H and O–H groups in total. The first kappa shape index (κ1) is 16.7. The first-order chi connectivity index (χ1) is 10.8. The SMILES string of the molecule is COCCC1(CN2CCO[C@H]([C@@H]3CCCO3)C2)CCCCC1. The predicted octanol–water partition coefficient (Wildman–Crippen LogP) is 2.85. The van der Waals surface area contributed by atoms with Crippen molar-refractivity contribution >= 4 is 0 Å². The van der Waals surface area contributed by atoms with Gasteiger partial charge in [-0.15, -0.1) is 0 Å². The highest BCUT2D eigenvalue weighted by atomic mass is 16.5. The molecular formula is C18H33NO3. The van der Waals surface area contributed by atoms with Crippen LogP contribution in [0, 0.1) is 5.41 Å². The molecule has 2 saturated heterocycles. The molecule has 0 unspecified atom stereocenters. The zero-order valence-corrected chi connectivity index (χ0v) is 14.2. The molecule has 4 heteroatoms. The quantitative estimate of drug-likeness (QED) is 0.755. The van der Waals surface area contributed by atoms with Crippen molar-refractivity contribution in [3.05, 3.63) is 0 Å². The van der Waals surface area contributed by atoms with Crippen molar-refractivity contribution in [2.75, 3.05) is 46.6 Å². The van der Waals surface area contributed by atoms with Gasteiger partial charge in [0.2, 0.25) is 0 Å². The van der Waals surface area contributed by atoms with E-state index in [0.717, 1.165) is 32.9 Å². The molecule has 1 aliphatic carbocycles. The second-order valence-corrected chi connectivity index (χ2v) is 7.50. The largest absolute Gasteiger partial charge is 0.385 e. The molecule has 2 atom stereocenters. The first-order valence-corrected chi connectivity index (χ1v) is 9.26. The van der Waals surface area contributed by atoms with E-state index in [0.29, 0.717) is 17.6 Å². The van der Waals surface area contributed by atoms with Gasteiger partial charge in [-0.25, -0.2) is 0 Å². The summed E-state index contributed by atoms with van der Waals surface area (Å²) in [4.78, 5) is 2.65. The van der Waals surface area contributed by atoms with Gasteiger partial charge in [0, 0.05) is 40.0 Å². The minimum absolute atomic E-state index is 0.291. The fraction of sp³-hybridized carbons (Fsp3) is 1.00. The normalized spacial score (nSPS) is 33.1. The number of hydrogen-bond acceptors (Lipinski definition) is 4. The van der Waals surface area contributed by atoms with Crippen molar-refractivity contribution in [3.8, 4) is 0 Å². The van der Waals surface area contributed by atoms with Gasteiger partial charge in [-0.1, -0.05) is 19.3 Å². The summed E-state index contributed by atoms with van der Waals surface area (Å²) in [5.74, 6) is 0. The highest BCUT2D eigenvalue weighted by molar-refractivity contribution is 4.89. The summed E-state index contributed by atoms with van der Waals surface area (Å²) in [5, 5.41) is 0. The van der Waals surface area contributed by atoms with Gasteiger partial charge in [0.25, 0.3) is 0 Å². The zero-order valence-electron chi connectivity index (χ0n) is 14.2. The number of hydrogen-bond donors (Lipinski definition) is 0. The van der Waals surface area contributed by atoms with E-state index >= 15 is 0 Å². The third-order valence-electron chi connectivity index (χ3n) is 5.87. The Balaban J connectivity index is 1.56. The van der Waals surface area contributed by atoms with Gasteiger partial charge in [0.1, 0.15) is 0 Å².